The van der Waals surface area contributed by atoms with E-state index in [0.29, 0.717) is 37.6 Å². The number of hydrogen-bond donors (Lipinski definition) is 4. The zero-order valence-corrected chi connectivity index (χ0v) is 36.8. The molecule has 5 heterocycles. The van der Waals surface area contributed by atoms with Gasteiger partial charge in [0.15, 0.2) is 5.79 Å². The number of carbonyl (C=O) groups is 4. The minimum Gasteiger partial charge on any atom is -0.453 e. The van der Waals surface area contributed by atoms with Crippen molar-refractivity contribution in [2.45, 2.75) is 75.9 Å². The van der Waals surface area contributed by atoms with Crippen LogP contribution in [-0.4, -0.2) is 106 Å². The number of rotatable bonds is 9. The second-order valence-electron chi connectivity index (χ2n) is 17.7. The van der Waals surface area contributed by atoms with Crippen molar-refractivity contribution in [2.75, 3.05) is 40.5 Å². The summed E-state index contributed by atoms with van der Waals surface area (Å²) in [5, 5.41) is 7.47. The SMILES string of the molecule is COC(=O)NC(C(=O)N1CC2(C[C@H]1c1nc3c(ccc4cc(-c5ccc6c(c5)CCc5[nH]c(C7CCCN7C(=O)[C@H](NC(=O)OC)c7ccccc7)nc5-6)ccc43)[nH]1)OCCO2)C(C)C. The molecule has 2 aromatic heterocycles. The molecule has 16 heteroatoms. The van der Waals surface area contributed by atoms with E-state index in [0.717, 1.165) is 81.4 Å². The number of likely N-dealkylation sites (tertiary alicyclic amines) is 2. The van der Waals surface area contributed by atoms with Gasteiger partial charge in [-0.25, -0.2) is 19.6 Å². The van der Waals surface area contributed by atoms with E-state index >= 15 is 0 Å². The molecule has 65 heavy (non-hydrogen) atoms. The van der Waals surface area contributed by atoms with Crippen LogP contribution in [0.15, 0.2) is 78.9 Å². The Hall–Kier alpha value is -6.78. The van der Waals surface area contributed by atoms with Crippen LogP contribution in [0.1, 0.15) is 79.7 Å². The molecule has 2 unspecified atom stereocenters. The van der Waals surface area contributed by atoms with Gasteiger partial charge in [0.05, 0.1) is 62.8 Å². The summed E-state index contributed by atoms with van der Waals surface area (Å²) in [5.41, 5.74) is 8.73. The van der Waals surface area contributed by atoms with Crippen LogP contribution < -0.4 is 10.6 Å². The van der Waals surface area contributed by atoms with Crippen molar-refractivity contribution in [1.29, 1.82) is 0 Å². The highest BCUT2D eigenvalue weighted by Crippen LogP contribution is 2.44. The van der Waals surface area contributed by atoms with E-state index < -0.39 is 36.1 Å². The summed E-state index contributed by atoms with van der Waals surface area (Å²) in [5.74, 6) is -0.229. The second kappa shape index (κ2) is 17.0. The summed E-state index contributed by atoms with van der Waals surface area (Å²) in [7, 11) is 2.57. The molecule has 4 aromatic carbocycles. The van der Waals surface area contributed by atoms with Gasteiger partial charge in [0.2, 0.25) is 5.91 Å². The molecule has 336 valence electrons. The van der Waals surface area contributed by atoms with Crippen molar-refractivity contribution >= 4 is 45.8 Å². The Labute approximate surface area is 375 Å². The molecule has 10 rings (SSSR count). The number of aromatic amines is 2. The van der Waals surface area contributed by atoms with Crippen molar-refractivity contribution in [3.8, 4) is 22.4 Å². The number of fused-ring (bicyclic) bond motifs is 6. The molecule has 6 aromatic rings. The Kier molecular flexibility index (Phi) is 11.0. The number of aromatic nitrogens is 4. The normalized spacial score (nSPS) is 19.6. The zero-order valence-electron chi connectivity index (χ0n) is 36.8. The summed E-state index contributed by atoms with van der Waals surface area (Å²) in [6, 6.07) is 23.8. The van der Waals surface area contributed by atoms with Gasteiger partial charge < -0.3 is 49.3 Å². The smallest absolute Gasteiger partial charge is 0.407 e. The summed E-state index contributed by atoms with van der Waals surface area (Å²) in [4.78, 5) is 73.8. The molecule has 0 saturated carbocycles. The van der Waals surface area contributed by atoms with Gasteiger partial charge in [-0.3, -0.25) is 9.59 Å². The van der Waals surface area contributed by atoms with Crippen LogP contribution in [0.3, 0.4) is 0 Å². The van der Waals surface area contributed by atoms with Gasteiger partial charge in [-0.1, -0.05) is 80.6 Å². The molecular formula is C49H52N8O8. The van der Waals surface area contributed by atoms with E-state index in [4.69, 9.17) is 28.9 Å². The number of hydrogen-bond acceptors (Lipinski definition) is 10. The van der Waals surface area contributed by atoms with E-state index in [-0.39, 0.29) is 30.3 Å². The van der Waals surface area contributed by atoms with Gasteiger partial charge in [0, 0.05) is 29.6 Å². The molecule has 4 N–H and O–H groups in total. The molecule has 4 amide bonds. The Morgan fingerprint density at radius 3 is 2.31 bits per heavy atom. The first-order valence-corrected chi connectivity index (χ1v) is 22.3. The summed E-state index contributed by atoms with van der Waals surface area (Å²) < 4.78 is 21.9. The lowest BCUT2D eigenvalue weighted by Gasteiger charge is -2.30. The fourth-order valence-electron chi connectivity index (χ4n) is 10.1. The molecule has 4 atom stereocenters. The average molecular weight is 881 g/mol. The summed E-state index contributed by atoms with van der Waals surface area (Å²) >= 11 is 0. The van der Waals surface area contributed by atoms with Crippen molar-refractivity contribution in [3.05, 3.63) is 107 Å². The maximum Gasteiger partial charge on any atom is 0.407 e. The number of ether oxygens (including phenoxy) is 4. The van der Waals surface area contributed by atoms with E-state index in [1.165, 1.54) is 19.8 Å². The largest absolute Gasteiger partial charge is 0.453 e. The quantitative estimate of drug-likeness (QED) is 0.117. The number of imidazole rings is 2. The van der Waals surface area contributed by atoms with E-state index in [1.54, 1.807) is 4.90 Å². The molecule has 0 radical (unpaired) electrons. The lowest BCUT2D eigenvalue weighted by molar-refractivity contribution is -0.153. The highest BCUT2D eigenvalue weighted by atomic mass is 16.7. The maximum atomic E-state index is 14.2. The van der Waals surface area contributed by atoms with Crippen LogP contribution in [0.4, 0.5) is 9.59 Å². The first-order valence-electron chi connectivity index (χ1n) is 22.3. The van der Waals surface area contributed by atoms with Crippen molar-refractivity contribution < 1.29 is 38.1 Å². The van der Waals surface area contributed by atoms with Gasteiger partial charge in [0.25, 0.3) is 5.91 Å². The highest BCUT2D eigenvalue weighted by molar-refractivity contribution is 6.05. The molecule has 1 aliphatic carbocycles. The molecule has 3 saturated heterocycles. The number of nitrogens with zero attached hydrogens (tertiary/aromatic N) is 4. The monoisotopic (exact) mass is 880 g/mol. The summed E-state index contributed by atoms with van der Waals surface area (Å²) in [6.45, 7) is 5.40. The van der Waals surface area contributed by atoms with Gasteiger partial charge >= 0.3 is 12.2 Å². The molecule has 16 nitrogen and oxygen atoms in total. The number of aryl methyl sites for hydroxylation is 2. The minimum absolute atomic E-state index is 0.200. The van der Waals surface area contributed by atoms with E-state index in [1.807, 2.05) is 55.1 Å². The van der Waals surface area contributed by atoms with Crippen molar-refractivity contribution in [2.24, 2.45) is 5.92 Å². The number of H-pyrrole nitrogens is 2. The fourth-order valence-corrected chi connectivity index (χ4v) is 10.1. The third kappa shape index (κ3) is 7.73. The van der Waals surface area contributed by atoms with E-state index in [2.05, 4.69) is 63.1 Å². The standard InChI is InChI=1S/C49H52N8O8/c1-27(2)39(54-47(60)62-3)45(58)57-26-49(64-21-22-65-49)25-38(57)44-51-36-19-15-32-24-30(13-17-34(32)42(36)53-44)29-12-16-33-31(23-29)14-18-35-41(33)52-43(50-35)37-11-8-20-56(37)46(59)40(55-48(61)63-4)28-9-6-5-7-10-28/h5-7,9-10,12-13,15-17,19,23-24,27,37-40H,8,11,14,18,20-22,25-26H2,1-4H3,(H,50,52)(H,51,53)(H,54,60)(H,55,61)/t37?,38-,39?,40+/m0/s1. The zero-order chi connectivity index (χ0) is 45.0. The van der Waals surface area contributed by atoms with Gasteiger partial charge in [-0.2, -0.15) is 0 Å². The Balaban J connectivity index is 0.904. The van der Waals surface area contributed by atoms with Gasteiger partial charge in [-0.05, 0) is 71.4 Å². The Bertz CT molecular complexity index is 2810. The van der Waals surface area contributed by atoms with Crippen LogP contribution in [-0.2, 0) is 41.4 Å². The first-order chi connectivity index (χ1) is 31.5. The number of amides is 4. The average Bonchev–Trinajstić information content (AvgIpc) is 4.19. The van der Waals surface area contributed by atoms with E-state index in [9.17, 15) is 19.2 Å². The maximum absolute atomic E-state index is 14.2. The number of nitrogens with one attached hydrogen (secondary N) is 4. The predicted molar refractivity (Wildman–Crippen MR) is 240 cm³/mol. The second-order valence-corrected chi connectivity index (χ2v) is 17.7. The van der Waals surface area contributed by atoms with Crippen LogP contribution in [0.25, 0.3) is 44.2 Å². The number of benzene rings is 4. The van der Waals surface area contributed by atoms with Gasteiger partial charge in [-0.15, -0.1) is 0 Å². The molecule has 3 fully saturated rings. The summed E-state index contributed by atoms with van der Waals surface area (Å²) in [6.07, 6.45) is 2.26. The van der Waals surface area contributed by atoms with Crippen LogP contribution in [0.5, 0.6) is 0 Å². The van der Waals surface area contributed by atoms with Crippen molar-refractivity contribution in [1.82, 2.24) is 40.4 Å². The fraction of sp³-hybridized carbons (Fsp3) is 0.388. The number of carbonyl (C=O) groups excluding carboxylic acids is 4. The molecular weight excluding hydrogens is 829 g/mol. The molecule has 3 aliphatic heterocycles. The third-order valence-electron chi connectivity index (χ3n) is 13.4. The molecule has 4 aliphatic rings. The Morgan fingerprint density at radius 2 is 1.54 bits per heavy atom. The number of alkyl carbamates (subject to hydrolysis) is 2. The molecule has 1 spiro atoms. The van der Waals surface area contributed by atoms with Crippen LogP contribution in [0.2, 0.25) is 0 Å². The Morgan fingerprint density at radius 1 is 0.800 bits per heavy atom. The predicted octanol–water partition coefficient (Wildman–Crippen LogP) is 7.03. The molecule has 0 bridgehead atoms. The third-order valence-corrected chi connectivity index (χ3v) is 13.4. The number of methoxy groups -OCH3 is 2. The van der Waals surface area contributed by atoms with Crippen LogP contribution in [0, 0.1) is 5.92 Å². The highest BCUT2D eigenvalue weighted by Gasteiger charge is 2.53. The topological polar surface area (TPSA) is 193 Å². The van der Waals surface area contributed by atoms with Crippen molar-refractivity contribution in [3.63, 3.8) is 0 Å². The lowest BCUT2D eigenvalue weighted by Crippen LogP contribution is -2.52. The minimum atomic E-state index is -0.949. The van der Waals surface area contributed by atoms with Crippen LogP contribution >= 0.6 is 0 Å². The van der Waals surface area contributed by atoms with Gasteiger partial charge in [0.1, 0.15) is 23.7 Å². The lowest BCUT2D eigenvalue weighted by atomic mass is 9.89. The first kappa shape index (κ1) is 42.2.